The van der Waals surface area contributed by atoms with E-state index in [4.69, 9.17) is 0 Å². The Morgan fingerprint density at radius 3 is 2.47 bits per heavy atom. The highest BCUT2D eigenvalue weighted by Gasteiger charge is 2.05. The van der Waals surface area contributed by atoms with Gasteiger partial charge < -0.3 is 5.32 Å². The van der Waals surface area contributed by atoms with Crippen LogP contribution in [0, 0.1) is 5.82 Å². The van der Waals surface area contributed by atoms with Crippen molar-refractivity contribution in [3.63, 3.8) is 0 Å². The molecular weight excluding hydrogens is 267 g/mol. The summed E-state index contributed by atoms with van der Waals surface area (Å²) in [5.41, 5.74) is 1.48. The van der Waals surface area contributed by atoms with Gasteiger partial charge in [-0.05, 0) is 35.9 Å². The van der Waals surface area contributed by atoms with Crippen molar-refractivity contribution in [2.24, 2.45) is 0 Å². The summed E-state index contributed by atoms with van der Waals surface area (Å²) in [7, 11) is -3.18. The minimum atomic E-state index is -3.18. The maximum atomic E-state index is 12.9. The van der Waals surface area contributed by atoms with Crippen molar-refractivity contribution in [3.05, 3.63) is 54.1 Å². The van der Waals surface area contributed by atoms with E-state index < -0.39 is 9.84 Å². The van der Waals surface area contributed by atoms with Gasteiger partial charge in [0.25, 0.3) is 0 Å². The number of benzene rings is 1. The Kier molecular flexibility index (Phi) is 3.80. The molecule has 0 saturated carbocycles. The molecule has 0 radical (unpaired) electrons. The smallest absolute Gasteiger partial charge is 0.175 e. The third kappa shape index (κ3) is 3.75. The number of nitrogens with zero attached hydrogens (tertiary/aromatic N) is 1. The minimum Gasteiger partial charge on any atom is -0.381 e. The van der Waals surface area contributed by atoms with Crippen LogP contribution in [0.2, 0.25) is 0 Å². The molecule has 0 aliphatic carbocycles. The first-order chi connectivity index (χ1) is 8.95. The van der Waals surface area contributed by atoms with E-state index in [1.165, 1.54) is 18.2 Å². The summed E-state index contributed by atoms with van der Waals surface area (Å²) >= 11 is 0. The first-order valence-corrected chi connectivity index (χ1v) is 7.48. The van der Waals surface area contributed by atoms with Gasteiger partial charge in [-0.3, -0.25) is 4.98 Å². The zero-order valence-corrected chi connectivity index (χ0v) is 11.1. The van der Waals surface area contributed by atoms with Gasteiger partial charge >= 0.3 is 0 Å². The molecule has 1 aromatic heterocycles. The Morgan fingerprint density at radius 2 is 1.89 bits per heavy atom. The highest BCUT2D eigenvalue weighted by atomic mass is 32.2. The van der Waals surface area contributed by atoms with Gasteiger partial charge in [-0.2, -0.15) is 0 Å². The zero-order chi connectivity index (χ0) is 13.9. The molecule has 1 heterocycles. The maximum Gasteiger partial charge on any atom is 0.175 e. The van der Waals surface area contributed by atoms with Crippen molar-refractivity contribution in [2.45, 2.75) is 11.4 Å². The zero-order valence-electron chi connectivity index (χ0n) is 10.3. The van der Waals surface area contributed by atoms with E-state index in [0.29, 0.717) is 12.1 Å². The molecule has 0 amide bonds. The molecule has 0 saturated heterocycles. The molecule has 0 fully saturated rings. The number of nitrogens with one attached hydrogen (secondary N) is 1. The summed E-state index contributed by atoms with van der Waals surface area (Å²) in [6, 6.07) is 7.79. The minimum absolute atomic E-state index is 0.269. The highest BCUT2D eigenvalue weighted by molar-refractivity contribution is 7.90. The Balaban J connectivity index is 2.05. The number of aromatic nitrogens is 1. The molecule has 0 aliphatic rings. The first kappa shape index (κ1) is 13.5. The third-order valence-electron chi connectivity index (χ3n) is 2.54. The molecule has 1 aromatic carbocycles. The van der Waals surface area contributed by atoms with E-state index in [0.717, 1.165) is 18.1 Å². The molecule has 100 valence electrons. The van der Waals surface area contributed by atoms with Crippen LogP contribution in [0.15, 0.2) is 47.6 Å². The monoisotopic (exact) mass is 280 g/mol. The van der Waals surface area contributed by atoms with Crippen LogP contribution in [0.25, 0.3) is 0 Å². The lowest BCUT2D eigenvalue weighted by molar-refractivity contribution is 0.602. The summed E-state index contributed by atoms with van der Waals surface area (Å²) in [5.74, 6) is -0.383. The van der Waals surface area contributed by atoms with E-state index in [1.807, 2.05) is 0 Å². The lowest BCUT2D eigenvalue weighted by Gasteiger charge is -2.07. The fourth-order valence-corrected chi connectivity index (χ4v) is 2.21. The fourth-order valence-electron chi connectivity index (χ4n) is 1.58. The molecule has 19 heavy (non-hydrogen) atoms. The molecule has 1 N–H and O–H groups in total. The van der Waals surface area contributed by atoms with E-state index in [1.54, 1.807) is 18.3 Å². The van der Waals surface area contributed by atoms with Crippen LogP contribution in [0.5, 0.6) is 0 Å². The topological polar surface area (TPSA) is 59.1 Å². The van der Waals surface area contributed by atoms with Crippen LogP contribution in [-0.2, 0) is 16.4 Å². The Bertz CT molecular complexity index is 669. The Hall–Kier alpha value is -1.95. The van der Waals surface area contributed by atoms with Crippen LogP contribution in [0.1, 0.15) is 5.56 Å². The predicted molar refractivity (Wildman–Crippen MR) is 71.1 cm³/mol. The molecule has 2 rings (SSSR count). The lowest BCUT2D eigenvalue weighted by Crippen LogP contribution is -2.01. The van der Waals surface area contributed by atoms with Crippen LogP contribution < -0.4 is 5.32 Å². The van der Waals surface area contributed by atoms with Crippen molar-refractivity contribution >= 4 is 15.5 Å². The van der Waals surface area contributed by atoms with Crippen molar-refractivity contribution in [1.29, 1.82) is 0 Å². The number of anilines is 1. The van der Waals surface area contributed by atoms with Crippen molar-refractivity contribution in [3.8, 4) is 0 Å². The molecule has 0 bridgehead atoms. The summed E-state index contributed by atoms with van der Waals surface area (Å²) in [4.78, 5) is 4.02. The average Bonchev–Trinajstić information content (AvgIpc) is 2.36. The largest absolute Gasteiger partial charge is 0.381 e. The van der Waals surface area contributed by atoms with Gasteiger partial charge in [0, 0.05) is 24.7 Å². The SMILES string of the molecule is CS(=O)(=O)c1ccc(NCc2cncc(F)c2)cc1. The lowest BCUT2D eigenvalue weighted by atomic mass is 10.2. The van der Waals surface area contributed by atoms with E-state index in [2.05, 4.69) is 10.3 Å². The maximum absolute atomic E-state index is 12.9. The van der Waals surface area contributed by atoms with Crippen molar-refractivity contribution in [1.82, 2.24) is 4.98 Å². The summed E-state index contributed by atoms with van der Waals surface area (Å²) < 4.78 is 35.5. The van der Waals surface area contributed by atoms with Gasteiger partial charge in [-0.25, -0.2) is 12.8 Å². The second-order valence-corrected chi connectivity index (χ2v) is 6.18. The van der Waals surface area contributed by atoms with Crippen molar-refractivity contribution in [2.75, 3.05) is 11.6 Å². The summed E-state index contributed by atoms with van der Waals surface area (Å²) in [5, 5.41) is 3.07. The standard InChI is InChI=1S/C13H13FN2O2S/c1-19(17,18)13-4-2-12(3-5-13)16-8-10-6-11(14)9-15-7-10/h2-7,9,16H,8H2,1H3. The van der Waals surface area contributed by atoms with Gasteiger partial charge in [0.1, 0.15) is 5.82 Å². The fraction of sp³-hybridized carbons (Fsp3) is 0.154. The van der Waals surface area contributed by atoms with Crippen molar-refractivity contribution < 1.29 is 12.8 Å². The first-order valence-electron chi connectivity index (χ1n) is 5.58. The molecule has 4 nitrogen and oxygen atoms in total. The predicted octanol–water partition coefficient (Wildman–Crippen LogP) is 2.24. The second-order valence-electron chi connectivity index (χ2n) is 4.16. The highest BCUT2D eigenvalue weighted by Crippen LogP contribution is 2.14. The Morgan fingerprint density at radius 1 is 1.21 bits per heavy atom. The van der Waals surface area contributed by atoms with Gasteiger partial charge in [-0.1, -0.05) is 0 Å². The molecule has 6 heteroatoms. The molecular formula is C13H13FN2O2S. The molecule has 2 aromatic rings. The quantitative estimate of drug-likeness (QED) is 0.933. The number of halogens is 1. The van der Waals surface area contributed by atoms with Gasteiger partial charge in [-0.15, -0.1) is 0 Å². The van der Waals surface area contributed by atoms with Gasteiger partial charge in [0.15, 0.2) is 9.84 Å². The Labute approximate surface area is 111 Å². The van der Waals surface area contributed by atoms with E-state index >= 15 is 0 Å². The van der Waals surface area contributed by atoms with E-state index in [9.17, 15) is 12.8 Å². The summed E-state index contributed by atoms with van der Waals surface area (Å²) in [6.07, 6.45) is 3.87. The van der Waals surface area contributed by atoms with Crippen LogP contribution in [0.3, 0.4) is 0 Å². The number of hydrogen-bond acceptors (Lipinski definition) is 4. The number of sulfone groups is 1. The van der Waals surface area contributed by atoms with Crippen LogP contribution in [0.4, 0.5) is 10.1 Å². The van der Waals surface area contributed by atoms with E-state index in [-0.39, 0.29) is 10.7 Å². The second kappa shape index (κ2) is 5.36. The normalized spacial score (nSPS) is 11.3. The van der Waals surface area contributed by atoms with Crippen LogP contribution >= 0.6 is 0 Å². The molecule has 0 unspecified atom stereocenters. The molecule has 0 spiro atoms. The van der Waals surface area contributed by atoms with Gasteiger partial charge in [0.05, 0.1) is 11.1 Å². The molecule has 0 aliphatic heterocycles. The number of rotatable bonds is 4. The number of pyridine rings is 1. The molecule has 0 atom stereocenters. The number of hydrogen-bond donors (Lipinski definition) is 1. The summed E-state index contributed by atoms with van der Waals surface area (Å²) in [6.45, 7) is 0.420. The average molecular weight is 280 g/mol. The van der Waals surface area contributed by atoms with Crippen LogP contribution in [-0.4, -0.2) is 19.7 Å². The van der Waals surface area contributed by atoms with Gasteiger partial charge in [0.2, 0.25) is 0 Å². The third-order valence-corrected chi connectivity index (χ3v) is 3.67.